The van der Waals surface area contributed by atoms with Crippen molar-refractivity contribution < 1.29 is 9.53 Å². The van der Waals surface area contributed by atoms with Crippen molar-refractivity contribution in [2.24, 2.45) is 0 Å². The molecule has 2 heterocycles. The van der Waals surface area contributed by atoms with Crippen LogP contribution in [0.4, 0.5) is 0 Å². The number of fused-ring (bicyclic) bond motifs is 1. The molecule has 0 aliphatic rings. The molecule has 0 saturated carbocycles. The third kappa shape index (κ3) is 2.11. The largest absolute Gasteiger partial charge is 0.464 e. The average molecular weight is 278 g/mol. The van der Waals surface area contributed by atoms with Gasteiger partial charge in [-0.05, 0) is 6.07 Å². The minimum Gasteiger partial charge on any atom is -0.464 e. The first-order chi connectivity index (χ1) is 10.2. The van der Waals surface area contributed by atoms with Gasteiger partial charge in [-0.1, -0.05) is 30.3 Å². The van der Waals surface area contributed by atoms with Crippen LogP contribution in [0.25, 0.3) is 16.9 Å². The van der Waals surface area contributed by atoms with Gasteiger partial charge in [0.1, 0.15) is 11.6 Å². The molecule has 0 unspecified atom stereocenters. The van der Waals surface area contributed by atoms with E-state index in [0.717, 1.165) is 5.56 Å². The van der Waals surface area contributed by atoms with Gasteiger partial charge in [0.05, 0.1) is 19.0 Å². The van der Waals surface area contributed by atoms with Crippen LogP contribution in [-0.4, -0.2) is 27.7 Å². The van der Waals surface area contributed by atoms with Crippen molar-refractivity contribution >= 4 is 11.6 Å². The summed E-state index contributed by atoms with van der Waals surface area (Å²) >= 11 is 0. The molecule has 0 spiro atoms. The van der Waals surface area contributed by atoms with Gasteiger partial charge in [0.25, 0.3) is 0 Å². The zero-order chi connectivity index (χ0) is 14.8. The first kappa shape index (κ1) is 12.8. The zero-order valence-electron chi connectivity index (χ0n) is 11.1. The van der Waals surface area contributed by atoms with Crippen molar-refractivity contribution in [3.05, 3.63) is 53.9 Å². The van der Waals surface area contributed by atoms with E-state index in [4.69, 9.17) is 10.00 Å². The summed E-state index contributed by atoms with van der Waals surface area (Å²) in [7, 11) is 1.30. The van der Waals surface area contributed by atoms with E-state index in [0.29, 0.717) is 16.9 Å². The van der Waals surface area contributed by atoms with Crippen LogP contribution in [0, 0.1) is 11.3 Å². The molecule has 1 aromatic carbocycles. The summed E-state index contributed by atoms with van der Waals surface area (Å²) in [6, 6.07) is 13.0. The van der Waals surface area contributed by atoms with Gasteiger partial charge in [-0.15, -0.1) is 0 Å². The Kier molecular flexibility index (Phi) is 3.09. The maximum absolute atomic E-state index is 11.9. The van der Waals surface area contributed by atoms with Gasteiger partial charge in [0.15, 0.2) is 11.3 Å². The van der Waals surface area contributed by atoms with Crippen LogP contribution in [0.3, 0.4) is 0 Å². The highest BCUT2D eigenvalue weighted by molar-refractivity contribution is 5.90. The molecule has 102 valence electrons. The SMILES string of the molecule is COC(=O)c1cc(-c2ccccc2)nc2c(C#N)cnn12. The monoisotopic (exact) mass is 278 g/mol. The van der Waals surface area contributed by atoms with Crippen LogP contribution in [0.15, 0.2) is 42.6 Å². The molecule has 21 heavy (non-hydrogen) atoms. The highest BCUT2D eigenvalue weighted by atomic mass is 16.5. The molecule has 3 rings (SSSR count). The number of nitrogens with zero attached hydrogens (tertiary/aromatic N) is 4. The Bertz CT molecular complexity index is 863. The molecule has 0 amide bonds. The molecule has 0 atom stereocenters. The second kappa shape index (κ2) is 5.06. The van der Waals surface area contributed by atoms with Crippen LogP contribution < -0.4 is 0 Å². The molecular weight excluding hydrogens is 268 g/mol. The standard InChI is InChI=1S/C15H10N4O2/c1-21-15(20)13-7-12(10-5-3-2-4-6-10)18-14-11(8-16)9-17-19(13)14/h2-7,9H,1H3. The molecule has 0 aliphatic heterocycles. The molecule has 6 nitrogen and oxygen atoms in total. The smallest absolute Gasteiger partial charge is 0.356 e. The van der Waals surface area contributed by atoms with Gasteiger partial charge >= 0.3 is 5.97 Å². The van der Waals surface area contributed by atoms with Gasteiger partial charge in [-0.2, -0.15) is 10.4 Å². The Hall–Kier alpha value is -3.20. The Labute approximate surface area is 120 Å². The number of nitriles is 1. The van der Waals surface area contributed by atoms with Crippen LogP contribution in [0.1, 0.15) is 16.1 Å². The number of hydrogen-bond acceptors (Lipinski definition) is 5. The van der Waals surface area contributed by atoms with E-state index in [9.17, 15) is 4.79 Å². The van der Waals surface area contributed by atoms with Crippen LogP contribution in [-0.2, 0) is 4.74 Å². The maximum Gasteiger partial charge on any atom is 0.356 e. The number of hydrogen-bond donors (Lipinski definition) is 0. The maximum atomic E-state index is 11.9. The molecule has 0 bridgehead atoms. The summed E-state index contributed by atoms with van der Waals surface area (Å²) in [6.07, 6.45) is 1.38. The fourth-order valence-electron chi connectivity index (χ4n) is 2.05. The van der Waals surface area contributed by atoms with Gasteiger partial charge in [0.2, 0.25) is 0 Å². The molecule has 0 saturated heterocycles. The first-order valence-electron chi connectivity index (χ1n) is 6.17. The Morgan fingerprint density at radius 3 is 2.76 bits per heavy atom. The number of rotatable bonds is 2. The van der Waals surface area contributed by atoms with E-state index < -0.39 is 5.97 Å². The molecule has 3 aromatic rings. The van der Waals surface area contributed by atoms with Crippen LogP contribution >= 0.6 is 0 Å². The third-order valence-corrected chi connectivity index (χ3v) is 3.06. The number of methoxy groups -OCH3 is 1. The highest BCUT2D eigenvalue weighted by Gasteiger charge is 2.17. The second-order valence-corrected chi connectivity index (χ2v) is 4.29. The van der Waals surface area contributed by atoms with Crippen LogP contribution in [0.5, 0.6) is 0 Å². The zero-order valence-corrected chi connectivity index (χ0v) is 11.1. The Morgan fingerprint density at radius 2 is 2.10 bits per heavy atom. The average Bonchev–Trinajstić information content (AvgIpc) is 2.97. The summed E-state index contributed by atoms with van der Waals surface area (Å²) in [6.45, 7) is 0. The minimum absolute atomic E-state index is 0.225. The molecule has 0 radical (unpaired) electrons. The lowest BCUT2D eigenvalue weighted by atomic mass is 10.1. The van der Waals surface area contributed by atoms with Crippen molar-refractivity contribution in [1.29, 1.82) is 5.26 Å². The van der Waals surface area contributed by atoms with E-state index in [1.165, 1.54) is 17.8 Å². The number of ether oxygens (including phenoxy) is 1. The summed E-state index contributed by atoms with van der Waals surface area (Å²) in [5.74, 6) is -0.535. The Morgan fingerprint density at radius 1 is 1.33 bits per heavy atom. The van der Waals surface area contributed by atoms with Gasteiger partial charge in [-0.3, -0.25) is 0 Å². The number of carbonyl (C=O) groups is 1. The van der Waals surface area contributed by atoms with Crippen molar-refractivity contribution in [2.45, 2.75) is 0 Å². The molecular formula is C15H10N4O2. The van der Waals surface area contributed by atoms with Crippen molar-refractivity contribution in [3.63, 3.8) is 0 Å². The normalized spacial score (nSPS) is 10.3. The number of benzene rings is 1. The first-order valence-corrected chi connectivity index (χ1v) is 6.17. The minimum atomic E-state index is -0.535. The highest BCUT2D eigenvalue weighted by Crippen LogP contribution is 2.21. The van der Waals surface area contributed by atoms with Gasteiger partial charge < -0.3 is 4.74 Å². The fourth-order valence-corrected chi connectivity index (χ4v) is 2.05. The quantitative estimate of drug-likeness (QED) is 0.670. The summed E-state index contributed by atoms with van der Waals surface area (Å²) in [4.78, 5) is 16.3. The fraction of sp³-hybridized carbons (Fsp3) is 0.0667. The van der Waals surface area contributed by atoms with Crippen molar-refractivity contribution in [1.82, 2.24) is 14.6 Å². The molecule has 0 fully saturated rings. The Balaban J connectivity index is 2.32. The molecule has 6 heteroatoms. The lowest BCUT2D eigenvalue weighted by molar-refractivity contribution is 0.0590. The topological polar surface area (TPSA) is 80.3 Å². The summed E-state index contributed by atoms with van der Waals surface area (Å²) in [5, 5.41) is 13.1. The predicted molar refractivity (Wildman–Crippen MR) is 74.5 cm³/mol. The lowest BCUT2D eigenvalue weighted by Gasteiger charge is -2.06. The molecule has 0 N–H and O–H groups in total. The molecule has 0 aliphatic carbocycles. The lowest BCUT2D eigenvalue weighted by Crippen LogP contribution is -2.10. The van der Waals surface area contributed by atoms with E-state index in [2.05, 4.69) is 10.1 Å². The number of carbonyl (C=O) groups excluding carboxylic acids is 1. The predicted octanol–water partition coefficient (Wildman–Crippen LogP) is 2.05. The second-order valence-electron chi connectivity index (χ2n) is 4.29. The summed E-state index contributed by atoms with van der Waals surface area (Å²) in [5.41, 5.74) is 2.29. The van der Waals surface area contributed by atoms with E-state index in [-0.39, 0.29) is 5.69 Å². The number of esters is 1. The van der Waals surface area contributed by atoms with Crippen LogP contribution in [0.2, 0.25) is 0 Å². The van der Waals surface area contributed by atoms with E-state index in [1.807, 2.05) is 36.4 Å². The van der Waals surface area contributed by atoms with E-state index in [1.54, 1.807) is 6.07 Å². The van der Waals surface area contributed by atoms with E-state index >= 15 is 0 Å². The summed E-state index contributed by atoms with van der Waals surface area (Å²) < 4.78 is 6.08. The van der Waals surface area contributed by atoms with Crippen molar-refractivity contribution in [3.8, 4) is 17.3 Å². The van der Waals surface area contributed by atoms with Gasteiger partial charge in [0, 0.05) is 5.56 Å². The van der Waals surface area contributed by atoms with Gasteiger partial charge in [-0.25, -0.2) is 14.3 Å². The van der Waals surface area contributed by atoms with Crippen molar-refractivity contribution in [2.75, 3.05) is 7.11 Å². The molecule has 2 aromatic heterocycles. The third-order valence-electron chi connectivity index (χ3n) is 3.06. The number of aromatic nitrogens is 3.